The van der Waals surface area contributed by atoms with E-state index in [1.165, 1.54) is 11.3 Å². The number of nitrogens with zero attached hydrogens (tertiary/aromatic N) is 2. The summed E-state index contributed by atoms with van der Waals surface area (Å²) in [7, 11) is 0. The maximum atomic E-state index is 12.6. The number of imidazole rings is 1. The molecule has 0 saturated carbocycles. The Kier molecular flexibility index (Phi) is 4.80. The molecular formula is C21H18N4OS. The molecule has 4 rings (SSSR count). The second-order valence-electron chi connectivity index (χ2n) is 6.14. The first-order valence-electron chi connectivity index (χ1n) is 8.63. The normalized spacial score (nSPS) is 11.9. The monoisotopic (exact) mass is 374 g/mol. The molecule has 1 unspecified atom stereocenters. The number of hydrogen-bond acceptors (Lipinski definition) is 4. The molecule has 1 amide bonds. The Labute approximate surface area is 161 Å². The molecule has 27 heavy (non-hydrogen) atoms. The highest BCUT2D eigenvalue weighted by Gasteiger charge is 2.17. The van der Waals surface area contributed by atoms with Crippen molar-refractivity contribution in [3.8, 4) is 21.8 Å². The zero-order valence-electron chi connectivity index (χ0n) is 14.7. The van der Waals surface area contributed by atoms with Gasteiger partial charge < -0.3 is 10.3 Å². The molecule has 0 fully saturated rings. The van der Waals surface area contributed by atoms with E-state index >= 15 is 0 Å². The maximum Gasteiger partial charge on any atom is 0.263 e. The highest BCUT2D eigenvalue weighted by Crippen LogP contribution is 2.25. The van der Waals surface area contributed by atoms with Gasteiger partial charge in [0.25, 0.3) is 5.91 Å². The van der Waals surface area contributed by atoms with E-state index in [0.717, 1.165) is 27.7 Å². The average molecular weight is 374 g/mol. The Hall–Kier alpha value is -3.25. The van der Waals surface area contributed by atoms with Crippen LogP contribution in [0.3, 0.4) is 0 Å². The van der Waals surface area contributed by atoms with Crippen LogP contribution in [0.4, 0.5) is 0 Å². The number of aromatic nitrogens is 3. The fourth-order valence-electron chi connectivity index (χ4n) is 2.75. The van der Waals surface area contributed by atoms with Crippen molar-refractivity contribution in [2.75, 3.05) is 0 Å². The lowest BCUT2D eigenvalue weighted by molar-refractivity contribution is 0.0942. The van der Waals surface area contributed by atoms with Crippen LogP contribution in [0.25, 0.3) is 21.8 Å². The summed E-state index contributed by atoms with van der Waals surface area (Å²) in [6.45, 7) is 1.91. The zero-order chi connectivity index (χ0) is 18.6. The number of thiazole rings is 1. The highest BCUT2D eigenvalue weighted by molar-refractivity contribution is 7.16. The Morgan fingerprint density at radius 2 is 1.63 bits per heavy atom. The van der Waals surface area contributed by atoms with Crippen molar-refractivity contribution in [2.45, 2.75) is 13.0 Å². The number of benzene rings is 2. The van der Waals surface area contributed by atoms with Crippen LogP contribution in [0, 0.1) is 0 Å². The lowest BCUT2D eigenvalue weighted by Gasteiger charge is -2.10. The number of amides is 1. The fraction of sp³-hybridized carbons (Fsp3) is 0.0952. The Morgan fingerprint density at radius 3 is 2.33 bits per heavy atom. The topological polar surface area (TPSA) is 70.7 Å². The van der Waals surface area contributed by atoms with Crippen LogP contribution in [-0.2, 0) is 0 Å². The largest absolute Gasteiger partial charge is 0.342 e. The third-order valence-electron chi connectivity index (χ3n) is 4.19. The van der Waals surface area contributed by atoms with Crippen LogP contribution in [-0.4, -0.2) is 20.9 Å². The summed E-state index contributed by atoms with van der Waals surface area (Å²) in [5.41, 5.74) is 2.99. The van der Waals surface area contributed by atoms with Gasteiger partial charge in [0.15, 0.2) is 0 Å². The van der Waals surface area contributed by atoms with Gasteiger partial charge in [-0.2, -0.15) is 0 Å². The van der Waals surface area contributed by atoms with Gasteiger partial charge in [-0.15, -0.1) is 11.3 Å². The van der Waals surface area contributed by atoms with Crippen LogP contribution in [0.1, 0.15) is 28.5 Å². The third kappa shape index (κ3) is 3.80. The van der Waals surface area contributed by atoms with E-state index in [0.29, 0.717) is 4.88 Å². The van der Waals surface area contributed by atoms with E-state index < -0.39 is 0 Å². The van der Waals surface area contributed by atoms with Gasteiger partial charge >= 0.3 is 0 Å². The van der Waals surface area contributed by atoms with Crippen LogP contribution >= 0.6 is 11.3 Å². The van der Waals surface area contributed by atoms with Crippen LogP contribution < -0.4 is 5.32 Å². The fourth-order valence-corrected chi connectivity index (χ4v) is 3.58. The van der Waals surface area contributed by atoms with Crippen molar-refractivity contribution in [1.29, 1.82) is 0 Å². The molecule has 0 saturated heterocycles. The van der Waals surface area contributed by atoms with Crippen LogP contribution in [0.15, 0.2) is 73.1 Å². The first kappa shape index (κ1) is 17.2. The molecule has 0 aliphatic carbocycles. The summed E-state index contributed by atoms with van der Waals surface area (Å²) < 4.78 is 0. The second-order valence-corrected chi connectivity index (χ2v) is 7.17. The van der Waals surface area contributed by atoms with Crippen molar-refractivity contribution in [1.82, 2.24) is 20.3 Å². The number of aromatic amines is 1. The highest BCUT2D eigenvalue weighted by atomic mass is 32.1. The van der Waals surface area contributed by atoms with Crippen molar-refractivity contribution in [3.63, 3.8) is 0 Å². The Morgan fingerprint density at radius 1 is 0.963 bits per heavy atom. The summed E-state index contributed by atoms with van der Waals surface area (Å²) in [5, 5.41) is 3.81. The number of rotatable bonds is 5. The first-order chi connectivity index (χ1) is 13.2. The zero-order valence-corrected chi connectivity index (χ0v) is 15.5. The van der Waals surface area contributed by atoms with E-state index in [2.05, 4.69) is 20.3 Å². The number of carbonyl (C=O) groups is 1. The smallest absolute Gasteiger partial charge is 0.263 e. The first-order valence-corrected chi connectivity index (χ1v) is 9.45. The summed E-state index contributed by atoms with van der Waals surface area (Å²) in [4.78, 5) is 25.2. The molecular weight excluding hydrogens is 356 g/mol. The Balaban J connectivity index is 1.46. The molecule has 6 heteroatoms. The molecule has 0 radical (unpaired) electrons. The molecule has 5 nitrogen and oxygen atoms in total. The minimum absolute atomic E-state index is 0.153. The van der Waals surface area contributed by atoms with Gasteiger partial charge in [0.2, 0.25) is 0 Å². The van der Waals surface area contributed by atoms with Gasteiger partial charge in [0.05, 0.1) is 24.1 Å². The average Bonchev–Trinajstić information content (AvgIpc) is 3.39. The van der Waals surface area contributed by atoms with E-state index in [1.54, 1.807) is 12.4 Å². The summed E-state index contributed by atoms with van der Waals surface area (Å²) >= 11 is 1.38. The van der Waals surface area contributed by atoms with Gasteiger partial charge in [-0.1, -0.05) is 60.7 Å². The molecule has 0 bridgehead atoms. The standard InChI is InChI=1S/C21H18N4OS/c1-14(19-22-12-17(25-19)15-8-4-2-5-9-15)24-20(26)18-13-23-21(27-18)16-10-6-3-7-11-16/h2-14H,1H3,(H,22,25)(H,24,26). The lowest BCUT2D eigenvalue weighted by atomic mass is 10.2. The molecule has 2 aromatic heterocycles. The van der Waals surface area contributed by atoms with E-state index in [1.807, 2.05) is 67.6 Å². The van der Waals surface area contributed by atoms with Gasteiger partial charge in [-0.25, -0.2) is 9.97 Å². The molecule has 0 aliphatic heterocycles. The molecule has 4 aromatic rings. The van der Waals surface area contributed by atoms with Crippen molar-refractivity contribution >= 4 is 17.2 Å². The van der Waals surface area contributed by atoms with Crippen molar-refractivity contribution in [2.24, 2.45) is 0 Å². The minimum Gasteiger partial charge on any atom is -0.342 e. The van der Waals surface area contributed by atoms with Gasteiger partial charge in [-0.3, -0.25) is 4.79 Å². The maximum absolute atomic E-state index is 12.6. The van der Waals surface area contributed by atoms with Crippen LogP contribution in [0.2, 0.25) is 0 Å². The number of H-pyrrole nitrogens is 1. The third-order valence-corrected chi connectivity index (χ3v) is 5.23. The summed E-state index contributed by atoms with van der Waals surface area (Å²) in [6.07, 6.45) is 3.40. The molecule has 0 spiro atoms. The molecule has 2 aromatic carbocycles. The van der Waals surface area contributed by atoms with Gasteiger partial charge in [0.1, 0.15) is 15.7 Å². The molecule has 2 heterocycles. The van der Waals surface area contributed by atoms with Crippen molar-refractivity contribution in [3.05, 3.63) is 83.8 Å². The molecule has 0 aliphatic rings. The quantitative estimate of drug-likeness (QED) is 0.532. The number of nitrogens with one attached hydrogen (secondary N) is 2. The summed E-state index contributed by atoms with van der Waals surface area (Å²) in [6, 6.07) is 19.6. The van der Waals surface area contributed by atoms with E-state index in [-0.39, 0.29) is 11.9 Å². The van der Waals surface area contributed by atoms with Gasteiger partial charge in [0, 0.05) is 5.56 Å². The van der Waals surface area contributed by atoms with Crippen LogP contribution in [0.5, 0.6) is 0 Å². The molecule has 1 atom stereocenters. The number of hydrogen-bond donors (Lipinski definition) is 2. The van der Waals surface area contributed by atoms with E-state index in [4.69, 9.17) is 0 Å². The molecule has 2 N–H and O–H groups in total. The van der Waals surface area contributed by atoms with Crippen molar-refractivity contribution < 1.29 is 4.79 Å². The molecule has 134 valence electrons. The summed E-state index contributed by atoms with van der Waals surface area (Å²) in [5.74, 6) is 0.565. The second kappa shape index (κ2) is 7.55. The Bertz CT molecular complexity index is 1040. The number of carbonyl (C=O) groups excluding carboxylic acids is 1. The SMILES string of the molecule is CC(NC(=O)c1cnc(-c2ccccc2)s1)c1ncc(-c2ccccc2)[nH]1. The predicted molar refractivity (Wildman–Crippen MR) is 107 cm³/mol. The minimum atomic E-state index is -0.239. The predicted octanol–water partition coefficient (Wildman–Crippen LogP) is 4.69. The lowest BCUT2D eigenvalue weighted by Crippen LogP contribution is -2.26. The van der Waals surface area contributed by atoms with E-state index in [9.17, 15) is 4.79 Å². The van der Waals surface area contributed by atoms with Gasteiger partial charge in [-0.05, 0) is 12.5 Å².